The molecule has 6 nitrogen and oxygen atoms in total. The molecule has 35 heavy (non-hydrogen) atoms. The summed E-state index contributed by atoms with van der Waals surface area (Å²) in [6, 6.07) is 10.5. The van der Waals surface area contributed by atoms with Crippen molar-refractivity contribution in [3.8, 4) is 22.4 Å². The molecule has 1 amide bonds. The summed E-state index contributed by atoms with van der Waals surface area (Å²) in [7, 11) is 3.55. The van der Waals surface area contributed by atoms with Gasteiger partial charge in [-0.3, -0.25) is 9.69 Å². The minimum atomic E-state index is 0.00957. The van der Waals surface area contributed by atoms with Crippen LogP contribution in [0.25, 0.3) is 33.5 Å². The van der Waals surface area contributed by atoms with E-state index in [9.17, 15) is 4.79 Å². The van der Waals surface area contributed by atoms with E-state index >= 15 is 0 Å². The van der Waals surface area contributed by atoms with E-state index in [4.69, 9.17) is 9.97 Å². The molecule has 0 bridgehead atoms. The molecule has 1 aliphatic rings. The fourth-order valence-electron chi connectivity index (χ4n) is 5.20. The first-order valence-corrected chi connectivity index (χ1v) is 12.4. The topological polar surface area (TPSA) is 65.1 Å². The van der Waals surface area contributed by atoms with Crippen LogP contribution in [-0.4, -0.2) is 57.8 Å². The second kappa shape index (κ2) is 9.27. The van der Waals surface area contributed by atoms with Gasteiger partial charge in [-0.1, -0.05) is 19.1 Å². The fraction of sp³-hybridized carbons (Fsp3) is 0.345. The van der Waals surface area contributed by atoms with Gasteiger partial charge in [0.2, 0.25) is 0 Å². The Balaban J connectivity index is 1.53. The number of benzene rings is 2. The summed E-state index contributed by atoms with van der Waals surface area (Å²) in [4.78, 5) is 29.6. The Bertz CT molecular complexity index is 1420. The van der Waals surface area contributed by atoms with Gasteiger partial charge in [0.25, 0.3) is 5.91 Å². The molecule has 0 unspecified atom stereocenters. The zero-order valence-electron chi connectivity index (χ0n) is 21.3. The van der Waals surface area contributed by atoms with Gasteiger partial charge in [-0.15, -0.1) is 0 Å². The molecule has 0 radical (unpaired) electrons. The maximum Gasteiger partial charge on any atom is 0.253 e. The van der Waals surface area contributed by atoms with E-state index in [-0.39, 0.29) is 5.91 Å². The molecule has 0 fully saturated rings. The lowest BCUT2D eigenvalue weighted by atomic mass is 9.92. The summed E-state index contributed by atoms with van der Waals surface area (Å²) in [5.41, 5.74) is 11.5. The average Bonchev–Trinajstić information content (AvgIpc) is 3.27. The number of hydrogen-bond acceptors (Lipinski definition) is 4. The molecule has 4 aromatic rings. The first-order valence-electron chi connectivity index (χ1n) is 12.4. The number of aromatic amines is 1. The lowest BCUT2D eigenvalue weighted by molar-refractivity contribution is 0.0827. The lowest BCUT2D eigenvalue weighted by Gasteiger charge is -2.30. The molecule has 1 aliphatic heterocycles. The average molecular weight is 468 g/mol. The zero-order chi connectivity index (χ0) is 24.7. The Morgan fingerprint density at radius 2 is 1.91 bits per heavy atom. The van der Waals surface area contributed by atoms with Crippen LogP contribution in [0, 0.1) is 13.8 Å². The molecular formula is C29H33N5O. The van der Waals surface area contributed by atoms with Gasteiger partial charge in [-0.25, -0.2) is 9.97 Å². The summed E-state index contributed by atoms with van der Waals surface area (Å²) in [6.07, 6.45) is 6.11. The Labute approximate surface area is 207 Å². The quantitative estimate of drug-likeness (QED) is 0.428. The molecule has 1 N–H and O–H groups in total. The predicted octanol–water partition coefficient (Wildman–Crippen LogP) is 5.38. The third-order valence-corrected chi connectivity index (χ3v) is 7.03. The number of hydrogen-bond donors (Lipinski definition) is 1. The first-order chi connectivity index (χ1) is 16.9. The smallest absolute Gasteiger partial charge is 0.253 e. The standard InChI is InChI=1S/C29H33N5O/c1-6-10-34-11-9-23-18(2)13-21(14-22(23)17-34)26-16-31-28-27(32-26)25(15-30-28)20-7-8-24(19(3)12-20)29(35)33(4)5/h7-8,12-16H,6,9-11,17H2,1-5H3,(H,30,31). The number of carbonyl (C=O) groups is 1. The molecule has 2 aromatic heterocycles. The summed E-state index contributed by atoms with van der Waals surface area (Å²) in [5, 5.41) is 0. The summed E-state index contributed by atoms with van der Waals surface area (Å²) in [5.74, 6) is 0.00957. The normalized spacial score (nSPS) is 13.7. The van der Waals surface area contributed by atoms with Crippen LogP contribution in [0.1, 0.15) is 46.0 Å². The van der Waals surface area contributed by atoms with Crippen LogP contribution in [0.5, 0.6) is 0 Å². The van der Waals surface area contributed by atoms with Gasteiger partial charge < -0.3 is 9.88 Å². The first kappa shape index (κ1) is 23.2. The van der Waals surface area contributed by atoms with Crippen LogP contribution >= 0.6 is 0 Å². The Morgan fingerprint density at radius 1 is 1.11 bits per heavy atom. The Morgan fingerprint density at radius 3 is 2.66 bits per heavy atom. The predicted molar refractivity (Wildman–Crippen MR) is 142 cm³/mol. The van der Waals surface area contributed by atoms with Gasteiger partial charge in [0.15, 0.2) is 5.65 Å². The number of H-pyrrole nitrogens is 1. The number of aromatic nitrogens is 3. The molecule has 0 saturated heterocycles. The van der Waals surface area contributed by atoms with Crippen LogP contribution in [0.4, 0.5) is 0 Å². The minimum absolute atomic E-state index is 0.00957. The number of nitrogens with zero attached hydrogens (tertiary/aromatic N) is 4. The maximum atomic E-state index is 12.5. The number of rotatable bonds is 5. The highest BCUT2D eigenvalue weighted by molar-refractivity contribution is 5.97. The maximum absolute atomic E-state index is 12.5. The molecular weight excluding hydrogens is 434 g/mol. The van der Waals surface area contributed by atoms with Crippen molar-refractivity contribution in [2.75, 3.05) is 27.2 Å². The zero-order valence-corrected chi connectivity index (χ0v) is 21.3. The van der Waals surface area contributed by atoms with Gasteiger partial charge in [-0.05, 0) is 79.3 Å². The third-order valence-electron chi connectivity index (χ3n) is 7.03. The van der Waals surface area contributed by atoms with Gasteiger partial charge in [0.1, 0.15) is 5.52 Å². The number of amides is 1. The van der Waals surface area contributed by atoms with E-state index in [2.05, 4.69) is 41.9 Å². The van der Waals surface area contributed by atoms with Crippen molar-refractivity contribution in [1.82, 2.24) is 24.8 Å². The monoisotopic (exact) mass is 467 g/mol. The van der Waals surface area contributed by atoms with Crippen LogP contribution < -0.4 is 0 Å². The van der Waals surface area contributed by atoms with Crippen molar-refractivity contribution >= 4 is 17.1 Å². The van der Waals surface area contributed by atoms with Crippen LogP contribution in [0.15, 0.2) is 42.7 Å². The highest BCUT2D eigenvalue weighted by Gasteiger charge is 2.20. The molecule has 2 aromatic carbocycles. The number of nitrogens with one attached hydrogen (secondary N) is 1. The molecule has 180 valence electrons. The molecule has 0 atom stereocenters. The lowest BCUT2D eigenvalue weighted by Crippen LogP contribution is -2.31. The van der Waals surface area contributed by atoms with Crippen LogP contribution in [0.3, 0.4) is 0 Å². The number of carbonyl (C=O) groups excluding carboxylic acids is 1. The van der Waals surface area contributed by atoms with E-state index in [0.717, 1.165) is 65.2 Å². The number of fused-ring (bicyclic) bond motifs is 2. The van der Waals surface area contributed by atoms with Gasteiger partial charge in [0.05, 0.1) is 11.9 Å². The molecule has 0 spiro atoms. The third kappa shape index (κ3) is 4.34. The van der Waals surface area contributed by atoms with Gasteiger partial charge >= 0.3 is 0 Å². The largest absolute Gasteiger partial charge is 0.345 e. The van der Waals surface area contributed by atoms with Crippen molar-refractivity contribution < 1.29 is 4.79 Å². The van der Waals surface area contributed by atoms with Crippen molar-refractivity contribution in [2.24, 2.45) is 0 Å². The van der Waals surface area contributed by atoms with Gasteiger partial charge in [0, 0.05) is 50.1 Å². The van der Waals surface area contributed by atoms with Crippen molar-refractivity contribution in [3.63, 3.8) is 0 Å². The number of aryl methyl sites for hydroxylation is 2. The fourth-order valence-corrected chi connectivity index (χ4v) is 5.20. The highest BCUT2D eigenvalue weighted by Crippen LogP contribution is 2.32. The van der Waals surface area contributed by atoms with Crippen molar-refractivity contribution in [3.05, 3.63) is 70.5 Å². The second-order valence-corrected chi connectivity index (χ2v) is 9.84. The van der Waals surface area contributed by atoms with E-state index in [0.29, 0.717) is 5.56 Å². The van der Waals surface area contributed by atoms with E-state index in [1.54, 1.807) is 19.0 Å². The van der Waals surface area contributed by atoms with E-state index in [1.165, 1.54) is 23.1 Å². The summed E-state index contributed by atoms with van der Waals surface area (Å²) in [6.45, 7) is 9.71. The molecule has 3 heterocycles. The second-order valence-electron chi connectivity index (χ2n) is 9.84. The van der Waals surface area contributed by atoms with Crippen LogP contribution in [0.2, 0.25) is 0 Å². The summed E-state index contributed by atoms with van der Waals surface area (Å²) < 4.78 is 0. The van der Waals surface area contributed by atoms with Crippen molar-refractivity contribution in [2.45, 2.75) is 40.2 Å². The molecule has 0 saturated carbocycles. The van der Waals surface area contributed by atoms with Crippen LogP contribution in [-0.2, 0) is 13.0 Å². The van der Waals surface area contributed by atoms with Gasteiger partial charge in [-0.2, -0.15) is 0 Å². The molecule has 0 aliphatic carbocycles. The Kier molecular flexibility index (Phi) is 6.15. The minimum Gasteiger partial charge on any atom is -0.345 e. The Hall–Kier alpha value is -3.51. The summed E-state index contributed by atoms with van der Waals surface area (Å²) >= 11 is 0. The molecule has 5 rings (SSSR count). The molecule has 6 heteroatoms. The van der Waals surface area contributed by atoms with Crippen molar-refractivity contribution in [1.29, 1.82) is 0 Å². The van der Waals surface area contributed by atoms with E-state index < -0.39 is 0 Å². The van der Waals surface area contributed by atoms with E-state index in [1.807, 2.05) is 31.5 Å². The highest BCUT2D eigenvalue weighted by atomic mass is 16.2. The SMILES string of the molecule is CCCN1CCc2c(C)cc(-c3cnc4[nH]cc(-c5ccc(C(=O)N(C)C)c(C)c5)c4n3)cc2C1.